The van der Waals surface area contributed by atoms with Gasteiger partial charge in [0.2, 0.25) is 0 Å². The van der Waals surface area contributed by atoms with Crippen molar-refractivity contribution in [2.75, 3.05) is 6.61 Å². The minimum absolute atomic E-state index is 0.271. The van der Waals surface area contributed by atoms with Crippen molar-refractivity contribution in [1.82, 2.24) is 0 Å². The third-order valence-corrected chi connectivity index (χ3v) is 3.62. The molecule has 0 saturated heterocycles. The molecular weight excluding hydrogens is 248 g/mol. The Labute approximate surface area is 121 Å². The van der Waals surface area contributed by atoms with E-state index in [-0.39, 0.29) is 6.61 Å². The normalized spacial score (nSPS) is 12.2. The number of benzene rings is 2. The monoisotopic (exact) mass is 270 g/mol. The largest absolute Gasteiger partial charge is 0.490 e. The average Bonchev–Trinajstić information content (AvgIpc) is 2.41. The fraction of sp³-hybridized carbons (Fsp3) is 0.333. The smallest absolute Gasteiger partial charge is 0.122 e. The minimum atomic E-state index is -0.601. The molecule has 1 atom stereocenters. The molecule has 1 unspecified atom stereocenters. The molecule has 0 spiro atoms. The molecule has 0 bridgehead atoms. The third kappa shape index (κ3) is 3.40. The van der Waals surface area contributed by atoms with Gasteiger partial charge in [0.05, 0.1) is 0 Å². The van der Waals surface area contributed by atoms with Crippen molar-refractivity contribution in [3.8, 4) is 5.75 Å². The molecule has 0 aliphatic carbocycles. The molecule has 0 amide bonds. The lowest BCUT2D eigenvalue weighted by Gasteiger charge is -2.16. The lowest BCUT2D eigenvalue weighted by molar-refractivity contribution is 0.108. The van der Waals surface area contributed by atoms with Gasteiger partial charge in [-0.2, -0.15) is 0 Å². The summed E-state index contributed by atoms with van der Waals surface area (Å²) in [6, 6.07) is 12.0. The quantitative estimate of drug-likeness (QED) is 0.908. The third-order valence-electron chi connectivity index (χ3n) is 3.62. The first-order chi connectivity index (χ1) is 9.47. The molecule has 0 saturated carbocycles. The highest BCUT2D eigenvalue weighted by atomic mass is 16.5. The Morgan fingerprint density at radius 2 is 1.60 bits per heavy atom. The van der Waals surface area contributed by atoms with Crippen molar-refractivity contribution in [3.63, 3.8) is 0 Å². The van der Waals surface area contributed by atoms with Crippen LogP contribution in [-0.2, 0) is 0 Å². The predicted octanol–water partition coefficient (Wildman–Crippen LogP) is 4.03. The van der Waals surface area contributed by atoms with E-state index in [2.05, 4.69) is 19.9 Å². The standard InChI is InChI=1S/C18H22O2/c1-12-5-7-16(8-6-12)17(19)11-20-18-10-13(2)9-14(3)15(18)4/h5-10,17,19H,11H2,1-4H3. The maximum absolute atomic E-state index is 10.2. The molecule has 106 valence electrons. The van der Waals surface area contributed by atoms with E-state index >= 15 is 0 Å². The molecule has 2 aromatic rings. The van der Waals surface area contributed by atoms with Gasteiger partial charge >= 0.3 is 0 Å². The zero-order valence-electron chi connectivity index (χ0n) is 12.6. The van der Waals surface area contributed by atoms with E-state index in [1.165, 1.54) is 16.7 Å². The van der Waals surface area contributed by atoms with Crippen molar-refractivity contribution in [2.45, 2.75) is 33.8 Å². The molecular formula is C18H22O2. The van der Waals surface area contributed by atoms with Crippen molar-refractivity contribution in [3.05, 3.63) is 64.2 Å². The van der Waals surface area contributed by atoms with Gasteiger partial charge in [0.15, 0.2) is 0 Å². The van der Waals surface area contributed by atoms with Crippen LogP contribution in [0.1, 0.15) is 33.9 Å². The summed E-state index contributed by atoms with van der Waals surface area (Å²) >= 11 is 0. The summed E-state index contributed by atoms with van der Waals surface area (Å²) in [6.45, 7) is 8.47. The summed E-state index contributed by atoms with van der Waals surface area (Å²) in [7, 11) is 0. The zero-order valence-corrected chi connectivity index (χ0v) is 12.6. The molecule has 2 heteroatoms. The number of hydrogen-bond donors (Lipinski definition) is 1. The van der Waals surface area contributed by atoms with Crippen LogP contribution in [0.2, 0.25) is 0 Å². The highest BCUT2D eigenvalue weighted by Crippen LogP contribution is 2.24. The van der Waals surface area contributed by atoms with Crippen molar-refractivity contribution in [1.29, 1.82) is 0 Å². The van der Waals surface area contributed by atoms with Gasteiger partial charge in [-0.05, 0) is 56.0 Å². The van der Waals surface area contributed by atoms with Crippen molar-refractivity contribution >= 4 is 0 Å². The van der Waals surface area contributed by atoms with Gasteiger partial charge in [0.1, 0.15) is 18.5 Å². The molecule has 2 rings (SSSR count). The van der Waals surface area contributed by atoms with Crippen molar-refractivity contribution < 1.29 is 9.84 Å². The van der Waals surface area contributed by atoms with Gasteiger partial charge in [-0.25, -0.2) is 0 Å². The van der Waals surface area contributed by atoms with E-state index in [4.69, 9.17) is 4.74 Å². The van der Waals surface area contributed by atoms with E-state index in [0.29, 0.717) is 0 Å². The van der Waals surface area contributed by atoms with Crippen molar-refractivity contribution in [2.24, 2.45) is 0 Å². The second-order valence-corrected chi connectivity index (χ2v) is 5.44. The molecule has 0 aromatic heterocycles. The van der Waals surface area contributed by atoms with Crippen LogP contribution in [-0.4, -0.2) is 11.7 Å². The minimum Gasteiger partial charge on any atom is -0.490 e. The molecule has 20 heavy (non-hydrogen) atoms. The summed E-state index contributed by atoms with van der Waals surface area (Å²) in [5.41, 5.74) is 5.59. The first kappa shape index (κ1) is 14.6. The van der Waals surface area contributed by atoms with Gasteiger partial charge in [0.25, 0.3) is 0 Å². The van der Waals surface area contributed by atoms with E-state index < -0.39 is 6.10 Å². The van der Waals surface area contributed by atoms with Crippen LogP contribution in [0.5, 0.6) is 5.75 Å². The van der Waals surface area contributed by atoms with Crippen LogP contribution in [0.15, 0.2) is 36.4 Å². The maximum Gasteiger partial charge on any atom is 0.122 e. The Hall–Kier alpha value is -1.80. The Kier molecular flexibility index (Phi) is 4.46. The summed E-state index contributed by atoms with van der Waals surface area (Å²) in [5, 5.41) is 10.2. The van der Waals surface area contributed by atoms with E-state index in [1.54, 1.807) is 0 Å². The van der Waals surface area contributed by atoms with Crippen LogP contribution in [0.4, 0.5) is 0 Å². The van der Waals surface area contributed by atoms with E-state index in [0.717, 1.165) is 16.9 Å². The molecule has 0 aliphatic rings. The zero-order chi connectivity index (χ0) is 14.7. The summed E-state index contributed by atoms with van der Waals surface area (Å²) in [6.07, 6.45) is -0.601. The number of rotatable bonds is 4. The van der Waals surface area contributed by atoms with Gasteiger partial charge in [-0.1, -0.05) is 35.9 Å². The van der Waals surface area contributed by atoms with Gasteiger partial charge in [-0.15, -0.1) is 0 Å². The first-order valence-corrected chi connectivity index (χ1v) is 6.92. The maximum atomic E-state index is 10.2. The first-order valence-electron chi connectivity index (χ1n) is 6.92. The average molecular weight is 270 g/mol. The van der Waals surface area contributed by atoms with Gasteiger partial charge < -0.3 is 9.84 Å². The Balaban J connectivity index is 2.07. The molecule has 2 nitrogen and oxygen atoms in total. The van der Waals surface area contributed by atoms with Crippen LogP contribution < -0.4 is 4.74 Å². The molecule has 0 heterocycles. The van der Waals surface area contributed by atoms with E-state index in [1.807, 2.05) is 44.2 Å². The Morgan fingerprint density at radius 1 is 0.950 bits per heavy atom. The SMILES string of the molecule is Cc1ccc(C(O)COc2cc(C)cc(C)c2C)cc1. The number of aliphatic hydroxyl groups excluding tert-OH is 1. The summed E-state index contributed by atoms with van der Waals surface area (Å²) in [5.74, 6) is 0.855. The molecule has 0 fully saturated rings. The number of aryl methyl sites for hydroxylation is 3. The van der Waals surface area contributed by atoms with Crippen LogP contribution >= 0.6 is 0 Å². The summed E-state index contributed by atoms with van der Waals surface area (Å²) in [4.78, 5) is 0. The number of hydrogen-bond acceptors (Lipinski definition) is 2. The highest BCUT2D eigenvalue weighted by Gasteiger charge is 2.10. The Morgan fingerprint density at radius 3 is 2.25 bits per heavy atom. The number of ether oxygens (including phenoxy) is 1. The second-order valence-electron chi connectivity index (χ2n) is 5.44. The Bertz CT molecular complexity index is 585. The fourth-order valence-electron chi connectivity index (χ4n) is 2.20. The number of aliphatic hydroxyl groups is 1. The molecule has 1 N–H and O–H groups in total. The molecule has 0 aliphatic heterocycles. The van der Waals surface area contributed by atoms with Crippen LogP contribution in [0.25, 0.3) is 0 Å². The topological polar surface area (TPSA) is 29.5 Å². The molecule has 2 aromatic carbocycles. The van der Waals surface area contributed by atoms with Gasteiger partial charge in [0, 0.05) is 0 Å². The highest BCUT2D eigenvalue weighted by molar-refractivity contribution is 5.42. The predicted molar refractivity (Wildman–Crippen MR) is 82.3 cm³/mol. The summed E-state index contributed by atoms with van der Waals surface area (Å²) < 4.78 is 5.79. The lowest BCUT2D eigenvalue weighted by atomic mass is 10.1. The second kappa shape index (κ2) is 6.10. The fourth-order valence-corrected chi connectivity index (χ4v) is 2.20. The van der Waals surface area contributed by atoms with Gasteiger partial charge in [-0.3, -0.25) is 0 Å². The lowest BCUT2D eigenvalue weighted by Crippen LogP contribution is -2.10. The van der Waals surface area contributed by atoms with Crippen LogP contribution in [0.3, 0.4) is 0 Å². The van der Waals surface area contributed by atoms with E-state index in [9.17, 15) is 5.11 Å². The molecule has 0 radical (unpaired) electrons. The van der Waals surface area contributed by atoms with Crippen LogP contribution in [0, 0.1) is 27.7 Å².